The van der Waals surface area contributed by atoms with E-state index < -0.39 is 0 Å². The van der Waals surface area contributed by atoms with Gasteiger partial charge < -0.3 is 5.11 Å². The second-order valence-electron chi connectivity index (χ2n) is 8.62. The van der Waals surface area contributed by atoms with Crippen molar-refractivity contribution >= 4 is 0 Å². The van der Waals surface area contributed by atoms with Gasteiger partial charge in [0.1, 0.15) is 5.75 Å². The third-order valence-corrected chi connectivity index (χ3v) is 6.01. The minimum Gasteiger partial charge on any atom is -0.508 e. The molecule has 0 saturated heterocycles. The fourth-order valence-corrected chi connectivity index (χ4v) is 5.25. The molecular weight excluding hydrogens is 280 g/mol. The maximum absolute atomic E-state index is 10.3. The van der Waals surface area contributed by atoms with Gasteiger partial charge in [0.15, 0.2) is 0 Å². The minimum absolute atomic E-state index is 0.0568. The zero-order valence-electron chi connectivity index (χ0n) is 15.1. The summed E-state index contributed by atoms with van der Waals surface area (Å²) in [5.41, 5.74) is 6.32. The van der Waals surface area contributed by atoms with E-state index in [1.165, 1.54) is 22.3 Å². The Morgan fingerprint density at radius 3 is 2.04 bits per heavy atom. The number of aromatic hydroxyl groups is 1. The van der Waals surface area contributed by atoms with Crippen LogP contribution in [0.25, 0.3) is 0 Å². The van der Waals surface area contributed by atoms with Gasteiger partial charge in [0.2, 0.25) is 0 Å². The lowest BCUT2D eigenvalue weighted by Gasteiger charge is -2.32. The van der Waals surface area contributed by atoms with E-state index in [4.69, 9.17) is 0 Å². The van der Waals surface area contributed by atoms with Crippen molar-refractivity contribution < 1.29 is 5.11 Å². The molecule has 23 heavy (non-hydrogen) atoms. The van der Waals surface area contributed by atoms with Gasteiger partial charge in [-0.3, -0.25) is 0 Å². The first-order valence-corrected chi connectivity index (χ1v) is 8.44. The molecule has 0 saturated carbocycles. The summed E-state index contributed by atoms with van der Waals surface area (Å²) in [4.78, 5) is 0. The number of aryl methyl sites for hydroxylation is 1. The topological polar surface area (TPSA) is 20.2 Å². The van der Waals surface area contributed by atoms with E-state index in [1.807, 2.05) is 25.1 Å². The zero-order valence-corrected chi connectivity index (χ0v) is 15.1. The molecule has 0 bridgehead atoms. The van der Waals surface area contributed by atoms with Gasteiger partial charge in [-0.15, -0.1) is 0 Å². The van der Waals surface area contributed by atoms with Crippen molar-refractivity contribution in [1.82, 2.24) is 0 Å². The van der Waals surface area contributed by atoms with E-state index in [0.29, 0.717) is 5.75 Å². The molecule has 1 N–H and O–H groups in total. The molecule has 0 heterocycles. The molecule has 0 amide bonds. The van der Waals surface area contributed by atoms with Crippen molar-refractivity contribution in [3.05, 3.63) is 65.3 Å². The molecule has 122 valence electrons. The highest BCUT2D eigenvalue weighted by Gasteiger charge is 2.56. The molecular formula is C22H28O. The summed E-state index contributed by atoms with van der Waals surface area (Å²) in [7, 11) is 0. The standard InChI is InChI=1S/C22H28O/c1-8-15-16(9-2)22(12-20(15,4)5)13-21(6,7)17-10-14(3)19(23)11-18(17)22/h8-11,23H,1-2,12-13H2,3-7H3. The molecule has 1 spiro atoms. The van der Waals surface area contributed by atoms with Crippen LogP contribution in [0.5, 0.6) is 5.75 Å². The summed E-state index contributed by atoms with van der Waals surface area (Å²) in [5.74, 6) is 0.397. The Balaban J connectivity index is 2.36. The van der Waals surface area contributed by atoms with Crippen LogP contribution in [-0.2, 0) is 10.8 Å². The van der Waals surface area contributed by atoms with Crippen molar-refractivity contribution in [1.29, 1.82) is 0 Å². The lowest BCUT2D eigenvalue weighted by atomic mass is 9.71. The highest BCUT2D eigenvalue weighted by molar-refractivity contribution is 5.62. The Hall–Kier alpha value is -1.76. The Bertz CT molecular complexity index is 745. The van der Waals surface area contributed by atoms with E-state index in [1.54, 1.807) is 0 Å². The Morgan fingerprint density at radius 2 is 1.48 bits per heavy atom. The van der Waals surface area contributed by atoms with Gasteiger partial charge in [-0.1, -0.05) is 59.1 Å². The molecule has 2 aliphatic rings. The van der Waals surface area contributed by atoms with Crippen LogP contribution >= 0.6 is 0 Å². The lowest BCUT2D eigenvalue weighted by Crippen LogP contribution is -2.27. The van der Waals surface area contributed by atoms with Crippen LogP contribution in [0.2, 0.25) is 0 Å². The second-order valence-corrected chi connectivity index (χ2v) is 8.62. The summed E-state index contributed by atoms with van der Waals surface area (Å²) in [6, 6.07) is 4.18. The molecule has 1 aromatic carbocycles. The largest absolute Gasteiger partial charge is 0.508 e. The SMILES string of the molecule is C=CC1=C(C=C)C2(CC1(C)C)CC(C)(C)c1cc(C)c(O)cc12. The summed E-state index contributed by atoms with van der Waals surface area (Å²) in [5, 5.41) is 10.3. The summed E-state index contributed by atoms with van der Waals surface area (Å²) in [6.45, 7) is 19.4. The third kappa shape index (κ3) is 1.99. The van der Waals surface area contributed by atoms with Gasteiger partial charge in [-0.25, -0.2) is 0 Å². The van der Waals surface area contributed by atoms with Crippen molar-refractivity contribution in [2.75, 3.05) is 0 Å². The van der Waals surface area contributed by atoms with E-state index in [2.05, 4.69) is 46.9 Å². The fourth-order valence-electron chi connectivity index (χ4n) is 5.25. The highest BCUT2D eigenvalue weighted by atomic mass is 16.3. The van der Waals surface area contributed by atoms with E-state index in [0.717, 1.165) is 18.4 Å². The first kappa shape index (κ1) is 16.1. The first-order chi connectivity index (χ1) is 10.6. The smallest absolute Gasteiger partial charge is 0.118 e. The van der Waals surface area contributed by atoms with Gasteiger partial charge in [0.25, 0.3) is 0 Å². The quantitative estimate of drug-likeness (QED) is 0.741. The van der Waals surface area contributed by atoms with E-state index in [-0.39, 0.29) is 16.2 Å². The normalized spacial score (nSPS) is 27.3. The monoisotopic (exact) mass is 308 g/mol. The van der Waals surface area contributed by atoms with Gasteiger partial charge in [0.05, 0.1) is 0 Å². The summed E-state index contributed by atoms with van der Waals surface area (Å²) >= 11 is 0. The van der Waals surface area contributed by atoms with Crippen LogP contribution in [0.15, 0.2) is 48.6 Å². The summed E-state index contributed by atoms with van der Waals surface area (Å²) < 4.78 is 0. The molecule has 0 aliphatic heterocycles. The molecule has 2 aliphatic carbocycles. The molecule has 3 rings (SSSR count). The average Bonchev–Trinajstić information content (AvgIpc) is 2.78. The molecule has 0 aromatic heterocycles. The Labute approximate surface area is 140 Å². The number of phenolic OH excluding ortho intramolecular Hbond substituents is 1. The zero-order chi connectivity index (χ0) is 17.2. The number of hydrogen-bond donors (Lipinski definition) is 1. The predicted molar refractivity (Wildman–Crippen MR) is 98.0 cm³/mol. The molecule has 1 unspecified atom stereocenters. The van der Waals surface area contributed by atoms with Crippen molar-refractivity contribution in [3.63, 3.8) is 0 Å². The van der Waals surface area contributed by atoms with Crippen molar-refractivity contribution in [3.8, 4) is 5.75 Å². The minimum atomic E-state index is -0.0568. The lowest BCUT2D eigenvalue weighted by molar-refractivity contribution is 0.319. The van der Waals surface area contributed by atoms with Crippen LogP contribution in [0.1, 0.15) is 57.2 Å². The predicted octanol–water partition coefficient (Wildman–Crippen LogP) is 5.72. The van der Waals surface area contributed by atoms with Gasteiger partial charge in [-0.05, 0) is 64.5 Å². The fraction of sp³-hybridized carbons (Fsp3) is 0.455. The van der Waals surface area contributed by atoms with Gasteiger partial charge in [0, 0.05) is 5.41 Å². The molecule has 1 aromatic rings. The third-order valence-electron chi connectivity index (χ3n) is 6.01. The number of hydrogen-bond acceptors (Lipinski definition) is 1. The van der Waals surface area contributed by atoms with Crippen molar-refractivity contribution in [2.24, 2.45) is 5.41 Å². The van der Waals surface area contributed by atoms with Gasteiger partial charge in [-0.2, -0.15) is 0 Å². The van der Waals surface area contributed by atoms with E-state index in [9.17, 15) is 5.11 Å². The molecule has 1 atom stereocenters. The average molecular weight is 308 g/mol. The molecule has 1 heteroatoms. The highest BCUT2D eigenvalue weighted by Crippen LogP contribution is 2.64. The van der Waals surface area contributed by atoms with Crippen LogP contribution < -0.4 is 0 Å². The van der Waals surface area contributed by atoms with Crippen LogP contribution in [0.3, 0.4) is 0 Å². The number of benzene rings is 1. The number of rotatable bonds is 2. The Morgan fingerprint density at radius 1 is 0.913 bits per heavy atom. The summed E-state index contributed by atoms with van der Waals surface area (Å²) in [6.07, 6.45) is 6.13. The number of allylic oxidation sites excluding steroid dienone is 4. The van der Waals surface area contributed by atoms with Crippen LogP contribution in [-0.4, -0.2) is 5.11 Å². The van der Waals surface area contributed by atoms with Crippen LogP contribution in [0, 0.1) is 12.3 Å². The van der Waals surface area contributed by atoms with E-state index >= 15 is 0 Å². The second kappa shape index (κ2) is 4.63. The molecule has 0 fully saturated rings. The maximum Gasteiger partial charge on any atom is 0.118 e. The number of phenols is 1. The van der Waals surface area contributed by atoms with Crippen LogP contribution in [0.4, 0.5) is 0 Å². The van der Waals surface area contributed by atoms with Crippen molar-refractivity contribution in [2.45, 2.75) is 58.3 Å². The number of fused-ring (bicyclic) bond motifs is 2. The molecule has 0 radical (unpaired) electrons. The first-order valence-electron chi connectivity index (χ1n) is 8.44. The maximum atomic E-state index is 10.3. The van der Waals surface area contributed by atoms with Gasteiger partial charge >= 0.3 is 0 Å². The molecule has 1 nitrogen and oxygen atoms in total. The Kier molecular flexibility index (Phi) is 3.24.